The van der Waals surface area contributed by atoms with Crippen molar-refractivity contribution in [3.05, 3.63) is 34.9 Å². The molecule has 35 heavy (non-hydrogen) atoms. The zero-order chi connectivity index (χ0) is 26.4. The van der Waals surface area contributed by atoms with Crippen LogP contribution in [0.5, 0.6) is 0 Å². The number of rotatable bonds is 9. The SMILES string of the molecule is COC(=O)[C@H](C[C@@H]1CCNC1=O)NC(=O)[C@@H](NC(=O)OCC(C)(C)c1cccc(Cl)c1)C(C)(C)C. The molecule has 2 rings (SSSR count). The van der Waals surface area contributed by atoms with Crippen LogP contribution in [0, 0.1) is 11.3 Å². The van der Waals surface area contributed by atoms with Gasteiger partial charge in [0.25, 0.3) is 0 Å². The molecule has 0 radical (unpaired) electrons. The number of benzene rings is 1. The summed E-state index contributed by atoms with van der Waals surface area (Å²) in [6.45, 7) is 9.76. The van der Waals surface area contributed by atoms with E-state index >= 15 is 0 Å². The number of hydrogen-bond donors (Lipinski definition) is 3. The maximum absolute atomic E-state index is 13.2. The van der Waals surface area contributed by atoms with Crippen LogP contribution in [0.4, 0.5) is 4.79 Å². The molecule has 3 amide bonds. The van der Waals surface area contributed by atoms with E-state index in [1.807, 2.05) is 32.0 Å². The van der Waals surface area contributed by atoms with Gasteiger partial charge < -0.3 is 25.4 Å². The van der Waals surface area contributed by atoms with Crippen molar-refractivity contribution < 1.29 is 28.7 Å². The van der Waals surface area contributed by atoms with Crippen LogP contribution >= 0.6 is 11.6 Å². The van der Waals surface area contributed by atoms with E-state index in [9.17, 15) is 19.2 Å². The summed E-state index contributed by atoms with van der Waals surface area (Å²) in [6.07, 6.45) is -0.0861. The average Bonchev–Trinajstić information content (AvgIpc) is 3.18. The molecule has 9 nitrogen and oxygen atoms in total. The van der Waals surface area contributed by atoms with Crippen molar-refractivity contribution in [3.63, 3.8) is 0 Å². The fraction of sp³-hybridized carbons (Fsp3) is 0.600. The molecule has 1 heterocycles. The van der Waals surface area contributed by atoms with E-state index in [1.165, 1.54) is 7.11 Å². The fourth-order valence-electron chi connectivity index (χ4n) is 3.84. The van der Waals surface area contributed by atoms with Crippen molar-refractivity contribution in [3.8, 4) is 0 Å². The Hall–Kier alpha value is -2.81. The molecule has 0 saturated carbocycles. The van der Waals surface area contributed by atoms with Crippen molar-refractivity contribution in [2.75, 3.05) is 20.3 Å². The van der Waals surface area contributed by atoms with E-state index in [0.29, 0.717) is 18.0 Å². The van der Waals surface area contributed by atoms with Gasteiger partial charge >= 0.3 is 12.1 Å². The van der Waals surface area contributed by atoms with Gasteiger partial charge in [-0.25, -0.2) is 9.59 Å². The molecule has 10 heteroatoms. The van der Waals surface area contributed by atoms with E-state index in [4.69, 9.17) is 21.1 Å². The number of esters is 1. The molecule has 1 aromatic rings. The van der Waals surface area contributed by atoms with Gasteiger partial charge in [0.05, 0.1) is 7.11 Å². The van der Waals surface area contributed by atoms with Crippen LogP contribution < -0.4 is 16.0 Å². The third kappa shape index (κ3) is 8.13. The Morgan fingerprint density at radius 3 is 2.40 bits per heavy atom. The van der Waals surface area contributed by atoms with Crippen LogP contribution in [-0.4, -0.2) is 56.2 Å². The standard InChI is InChI=1S/C25H36ClN3O6/c1-24(2,3)19(21(31)28-18(22(32)34-6)12-15-10-11-27-20(15)30)29-23(33)35-14-25(4,5)16-8-7-9-17(26)13-16/h7-9,13,15,18-19H,10-12,14H2,1-6H3,(H,27,30)(H,28,31)(H,29,33)/t15-,18-,19+/m0/s1. The van der Waals surface area contributed by atoms with E-state index in [1.54, 1.807) is 26.8 Å². The summed E-state index contributed by atoms with van der Waals surface area (Å²) >= 11 is 6.08. The third-order valence-electron chi connectivity index (χ3n) is 6.05. The minimum Gasteiger partial charge on any atom is -0.467 e. The molecule has 1 aliphatic rings. The lowest BCUT2D eigenvalue weighted by Gasteiger charge is -2.32. The molecule has 0 aliphatic carbocycles. The first-order chi connectivity index (χ1) is 16.2. The number of carbonyl (C=O) groups excluding carboxylic acids is 4. The van der Waals surface area contributed by atoms with E-state index in [2.05, 4.69) is 16.0 Å². The van der Waals surface area contributed by atoms with Gasteiger partial charge in [-0.1, -0.05) is 58.4 Å². The second-order valence-corrected chi connectivity index (χ2v) is 10.9. The van der Waals surface area contributed by atoms with Crippen molar-refractivity contribution in [2.45, 2.75) is 65.0 Å². The first kappa shape index (κ1) is 28.4. The Morgan fingerprint density at radius 2 is 1.86 bits per heavy atom. The number of ether oxygens (including phenoxy) is 2. The van der Waals surface area contributed by atoms with Crippen LogP contribution in [0.1, 0.15) is 53.0 Å². The van der Waals surface area contributed by atoms with Crippen molar-refractivity contribution in [1.29, 1.82) is 0 Å². The molecule has 1 aliphatic heterocycles. The number of nitrogens with one attached hydrogen (secondary N) is 3. The fourth-order valence-corrected chi connectivity index (χ4v) is 4.03. The molecular formula is C25H36ClN3O6. The quantitative estimate of drug-likeness (QED) is 0.440. The van der Waals surface area contributed by atoms with Gasteiger partial charge in [0.2, 0.25) is 11.8 Å². The molecule has 1 saturated heterocycles. The zero-order valence-corrected chi connectivity index (χ0v) is 22.0. The lowest BCUT2D eigenvalue weighted by atomic mass is 9.85. The summed E-state index contributed by atoms with van der Waals surface area (Å²) in [5, 5.41) is 8.58. The maximum Gasteiger partial charge on any atom is 0.407 e. The van der Waals surface area contributed by atoms with Crippen molar-refractivity contribution in [2.24, 2.45) is 11.3 Å². The molecule has 0 aromatic heterocycles. The lowest BCUT2D eigenvalue weighted by molar-refractivity contribution is -0.146. The molecule has 194 valence electrons. The number of alkyl carbamates (subject to hydrolysis) is 1. The van der Waals surface area contributed by atoms with Gasteiger partial charge in [-0.05, 0) is 36.0 Å². The van der Waals surface area contributed by atoms with E-state index in [-0.39, 0.29) is 18.9 Å². The monoisotopic (exact) mass is 509 g/mol. The maximum atomic E-state index is 13.2. The minimum absolute atomic E-state index is 0.0548. The Kier molecular flexibility index (Phi) is 9.54. The number of amides is 3. The third-order valence-corrected chi connectivity index (χ3v) is 6.28. The molecule has 0 spiro atoms. The van der Waals surface area contributed by atoms with Gasteiger partial charge in [0.1, 0.15) is 18.7 Å². The highest BCUT2D eigenvalue weighted by Gasteiger charge is 2.38. The molecule has 1 fully saturated rings. The van der Waals surface area contributed by atoms with Gasteiger partial charge in [0.15, 0.2) is 0 Å². The topological polar surface area (TPSA) is 123 Å². The van der Waals surface area contributed by atoms with Crippen LogP contribution in [0.25, 0.3) is 0 Å². The van der Waals surface area contributed by atoms with Crippen LogP contribution in [0.3, 0.4) is 0 Å². The Labute approximate surface area is 211 Å². The van der Waals surface area contributed by atoms with E-state index in [0.717, 1.165) is 5.56 Å². The summed E-state index contributed by atoms with van der Waals surface area (Å²) < 4.78 is 10.3. The average molecular weight is 510 g/mol. The van der Waals surface area contributed by atoms with Crippen molar-refractivity contribution in [1.82, 2.24) is 16.0 Å². The number of methoxy groups -OCH3 is 1. The number of carbonyl (C=O) groups is 4. The molecule has 0 unspecified atom stereocenters. The van der Waals surface area contributed by atoms with Gasteiger partial charge in [-0.3, -0.25) is 9.59 Å². The van der Waals surface area contributed by atoms with Crippen LogP contribution in [-0.2, 0) is 29.3 Å². The second kappa shape index (κ2) is 11.7. The summed E-state index contributed by atoms with van der Waals surface area (Å²) in [6, 6.07) is 5.27. The summed E-state index contributed by atoms with van der Waals surface area (Å²) in [7, 11) is 1.22. The summed E-state index contributed by atoms with van der Waals surface area (Å²) in [5.41, 5.74) is -0.309. The highest BCUT2D eigenvalue weighted by atomic mass is 35.5. The highest BCUT2D eigenvalue weighted by Crippen LogP contribution is 2.26. The molecule has 3 N–H and O–H groups in total. The first-order valence-electron chi connectivity index (χ1n) is 11.6. The molecule has 3 atom stereocenters. The van der Waals surface area contributed by atoms with Crippen LogP contribution in [0.15, 0.2) is 24.3 Å². The molecule has 0 bridgehead atoms. The second-order valence-electron chi connectivity index (χ2n) is 10.5. The lowest BCUT2D eigenvalue weighted by Crippen LogP contribution is -2.57. The van der Waals surface area contributed by atoms with E-state index < -0.39 is 46.8 Å². The Morgan fingerprint density at radius 1 is 1.17 bits per heavy atom. The Bertz CT molecular complexity index is 943. The largest absolute Gasteiger partial charge is 0.467 e. The van der Waals surface area contributed by atoms with Gasteiger partial charge in [0, 0.05) is 22.9 Å². The summed E-state index contributed by atoms with van der Waals surface area (Å²) in [4.78, 5) is 50.1. The Balaban J connectivity index is 2.06. The normalized spacial score (nSPS) is 17.7. The van der Waals surface area contributed by atoms with Gasteiger partial charge in [-0.2, -0.15) is 0 Å². The number of halogens is 1. The minimum atomic E-state index is -1.02. The zero-order valence-electron chi connectivity index (χ0n) is 21.2. The highest BCUT2D eigenvalue weighted by molar-refractivity contribution is 6.30. The predicted octanol–water partition coefficient (Wildman–Crippen LogP) is 2.94. The predicted molar refractivity (Wildman–Crippen MR) is 132 cm³/mol. The summed E-state index contributed by atoms with van der Waals surface area (Å²) in [5.74, 6) is -1.79. The van der Waals surface area contributed by atoms with Crippen LogP contribution in [0.2, 0.25) is 5.02 Å². The van der Waals surface area contributed by atoms with Crippen molar-refractivity contribution >= 4 is 35.5 Å². The number of hydrogen-bond acceptors (Lipinski definition) is 6. The molecular weight excluding hydrogens is 474 g/mol. The first-order valence-corrected chi connectivity index (χ1v) is 12.0. The van der Waals surface area contributed by atoms with Gasteiger partial charge in [-0.15, -0.1) is 0 Å². The smallest absolute Gasteiger partial charge is 0.407 e. The molecule has 1 aromatic carbocycles.